The molecule has 4 heteroatoms. The van der Waals surface area contributed by atoms with Crippen LogP contribution in [0.2, 0.25) is 0 Å². The molecule has 0 aromatic heterocycles. The molecule has 24 heavy (non-hydrogen) atoms. The van der Waals surface area contributed by atoms with Crippen molar-refractivity contribution in [1.82, 2.24) is 14.5 Å². The first-order valence-electron chi connectivity index (χ1n) is 8.76. The molecular weight excluding hydrogens is 314 g/mol. The van der Waals surface area contributed by atoms with Crippen LogP contribution in [0.1, 0.15) is 17.5 Å². The molecule has 4 rings (SSSR count). The van der Waals surface area contributed by atoms with Gasteiger partial charge < -0.3 is 5.32 Å². The number of nitrogens with one attached hydrogen (secondary N) is 1. The number of rotatable bonds is 6. The average molecular weight is 340 g/mol. The highest BCUT2D eigenvalue weighted by Crippen LogP contribution is 2.27. The molecule has 2 atom stereocenters. The van der Waals surface area contributed by atoms with Crippen LogP contribution in [-0.4, -0.2) is 41.4 Å². The minimum atomic E-state index is 0.733. The van der Waals surface area contributed by atoms with Crippen LogP contribution in [0.25, 0.3) is 0 Å². The topological polar surface area (TPSA) is 18.5 Å². The summed E-state index contributed by atoms with van der Waals surface area (Å²) in [5, 5.41) is 3.57. The largest absolute Gasteiger partial charge is 0.311 e. The first-order chi connectivity index (χ1) is 11.8. The molecule has 0 aliphatic carbocycles. The summed E-state index contributed by atoms with van der Waals surface area (Å²) < 4.78 is 2.29. The maximum absolute atomic E-state index is 3.57. The van der Waals surface area contributed by atoms with Crippen molar-refractivity contribution in [1.29, 1.82) is 0 Å². The van der Waals surface area contributed by atoms with E-state index in [-0.39, 0.29) is 0 Å². The monoisotopic (exact) mass is 339 g/mol. The zero-order valence-corrected chi connectivity index (χ0v) is 15.0. The highest BCUT2D eigenvalue weighted by Gasteiger charge is 2.37. The van der Waals surface area contributed by atoms with Crippen molar-refractivity contribution >= 4 is 11.9 Å². The van der Waals surface area contributed by atoms with Gasteiger partial charge in [-0.25, -0.2) is 4.31 Å². The number of likely N-dealkylation sites (tertiary alicyclic amines) is 1. The Bertz CT molecular complexity index is 658. The molecule has 0 saturated carbocycles. The fourth-order valence-corrected chi connectivity index (χ4v) is 4.62. The molecule has 0 spiro atoms. The van der Waals surface area contributed by atoms with Crippen molar-refractivity contribution in [3.05, 3.63) is 65.7 Å². The van der Waals surface area contributed by atoms with Gasteiger partial charge in [0.15, 0.2) is 0 Å². The minimum Gasteiger partial charge on any atom is -0.311 e. The van der Waals surface area contributed by atoms with Crippen LogP contribution >= 0.6 is 11.9 Å². The molecule has 126 valence electrons. The van der Waals surface area contributed by atoms with E-state index in [9.17, 15) is 0 Å². The van der Waals surface area contributed by atoms with Gasteiger partial charge in [0.2, 0.25) is 0 Å². The molecule has 0 amide bonds. The lowest BCUT2D eigenvalue weighted by Gasteiger charge is -2.27. The smallest absolute Gasteiger partial charge is 0.0340 e. The SMILES string of the molecule is CN(Cc1ccccc1)Sc1ccc(CN2CC3CC2CN3)cc1. The first-order valence-corrected chi connectivity index (χ1v) is 9.53. The van der Waals surface area contributed by atoms with E-state index >= 15 is 0 Å². The number of hydrogen-bond acceptors (Lipinski definition) is 4. The van der Waals surface area contributed by atoms with Gasteiger partial charge in [-0.15, -0.1) is 0 Å². The van der Waals surface area contributed by atoms with Crippen LogP contribution in [0, 0.1) is 0 Å². The predicted octanol–water partition coefficient (Wildman–Crippen LogP) is 3.37. The van der Waals surface area contributed by atoms with Gasteiger partial charge in [0.1, 0.15) is 0 Å². The van der Waals surface area contributed by atoms with E-state index in [2.05, 4.69) is 76.2 Å². The summed E-state index contributed by atoms with van der Waals surface area (Å²) in [5.74, 6) is 0. The summed E-state index contributed by atoms with van der Waals surface area (Å²) in [6.07, 6.45) is 1.33. The summed E-state index contributed by atoms with van der Waals surface area (Å²) in [5.41, 5.74) is 2.78. The Morgan fingerprint density at radius 1 is 1.08 bits per heavy atom. The Labute approximate surface area is 149 Å². The summed E-state index contributed by atoms with van der Waals surface area (Å²) >= 11 is 1.81. The fraction of sp³-hybridized carbons (Fsp3) is 0.400. The number of piperazine rings is 1. The van der Waals surface area contributed by atoms with Crippen LogP contribution in [0.15, 0.2) is 59.5 Å². The summed E-state index contributed by atoms with van der Waals surface area (Å²) in [7, 11) is 2.15. The summed E-state index contributed by atoms with van der Waals surface area (Å²) in [6.45, 7) is 4.43. The van der Waals surface area contributed by atoms with Crippen molar-refractivity contribution in [3.63, 3.8) is 0 Å². The second kappa shape index (κ2) is 7.28. The standard InChI is InChI=1S/C20H25N3S/c1-22(13-16-5-3-2-4-6-16)24-20-9-7-17(8-10-20)14-23-15-18-11-19(23)12-21-18/h2-10,18-19,21H,11-15H2,1H3. The van der Waals surface area contributed by atoms with Gasteiger partial charge in [0.05, 0.1) is 0 Å². The van der Waals surface area contributed by atoms with Gasteiger partial charge in [-0.05, 0) is 48.7 Å². The van der Waals surface area contributed by atoms with Crippen molar-refractivity contribution in [3.8, 4) is 0 Å². The molecule has 2 unspecified atom stereocenters. The Morgan fingerprint density at radius 3 is 2.54 bits per heavy atom. The zero-order valence-electron chi connectivity index (χ0n) is 14.2. The third-order valence-electron chi connectivity index (χ3n) is 4.99. The van der Waals surface area contributed by atoms with Gasteiger partial charge in [-0.3, -0.25) is 4.90 Å². The average Bonchev–Trinajstić information content (AvgIpc) is 3.20. The lowest BCUT2D eigenvalue weighted by atomic mass is 10.2. The summed E-state index contributed by atoms with van der Waals surface area (Å²) in [4.78, 5) is 3.94. The lowest BCUT2D eigenvalue weighted by molar-refractivity contribution is 0.218. The maximum Gasteiger partial charge on any atom is 0.0340 e. The van der Waals surface area contributed by atoms with Crippen molar-refractivity contribution in [2.24, 2.45) is 0 Å². The molecule has 2 saturated heterocycles. The summed E-state index contributed by atoms with van der Waals surface area (Å²) in [6, 6.07) is 21.2. The van der Waals surface area contributed by atoms with E-state index in [0.717, 1.165) is 25.2 Å². The van der Waals surface area contributed by atoms with E-state index in [1.54, 1.807) is 0 Å². The Hall–Kier alpha value is -1.33. The quantitative estimate of drug-likeness (QED) is 0.813. The number of hydrogen-bond donors (Lipinski definition) is 1. The van der Waals surface area contributed by atoms with Gasteiger partial charge in [0.25, 0.3) is 0 Å². The second-order valence-electron chi connectivity index (χ2n) is 6.93. The Balaban J connectivity index is 1.30. The molecule has 2 aromatic rings. The molecule has 2 bridgehead atoms. The molecule has 2 fully saturated rings. The number of fused-ring (bicyclic) bond motifs is 2. The third kappa shape index (κ3) is 3.83. The van der Waals surface area contributed by atoms with Crippen molar-refractivity contribution in [2.75, 3.05) is 20.1 Å². The highest BCUT2D eigenvalue weighted by molar-refractivity contribution is 7.97. The van der Waals surface area contributed by atoms with E-state index in [4.69, 9.17) is 0 Å². The lowest BCUT2D eigenvalue weighted by Crippen LogP contribution is -2.42. The van der Waals surface area contributed by atoms with E-state index in [1.165, 1.54) is 35.5 Å². The molecular formula is C20H25N3S. The third-order valence-corrected chi connectivity index (χ3v) is 5.91. The molecule has 2 aromatic carbocycles. The van der Waals surface area contributed by atoms with Gasteiger partial charge in [0, 0.05) is 43.2 Å². The van der Waals surface area contributed by atoms with Gasteiger partial charge in [-0.2, -0.15) is 0 Å². The highest BCUT2D eigenvalue weighted by atomic mass is 32.2. The molecule has 2 heterocycles. The predicted molar refractivity (Wildman–Crippen MR) is 101 cm³/mol. The second-order valence-corrected chi connectivity index (χ2v) is 8.21. The molecule has 2 aliphatic rings. The normalized spacial score (nSPS) is 23.2. The van der Waals surface area contributed by atoms with Crippen LogP contribution < -0.4 is 5.32 Å². The van der Waals surface area contributed by atoms with Crippen LogP contribution in [-0.2, 0) is 13.1 Å². The molecule has 0 radical (unpaired) electrons. The van der Waals surface area contributed by atoms with Crippen LogP contribution in [0.5, 0.6) is 0 Å². The molecule has 3 nitrogen and oxygen atoms in total. The van der Waals surface area contributed by atoms with Crippen LogP contribution in [0.3, 0.4) is 0 Å². The van der Waals surface area contributed by atoms with Crippen LogP contribution in [0.4, 0.5) is 0 Å². The molecule has 1 N–H and O–H groups in total. The van der Waals surface area contributed by atoms with Crippen molar-refractivity contribution < 1.29 is 0 Å². The van der Waals surface area contributed by atoms with Gasteiger partial charge >= 0.3 is 0 Å². The fourth-order valence-electron chi connectivity index (χ4n) is 3.78. The first kappa shape index (κ1) is 16.2. The Kier molecular flexibility index (Phi) is 4.90. The molecule has 2 aliphatic heterocycles. The van der Waals surface area contributed by atoms with Gasteiger partial charge in [-0.1, -0.05) is 42.5 Å². The number of nitrogens with zero attached hydrogens (tertiary/aromatic N) is 2. The van der Waals surface area contributed by atoms with E-state index in [1.807, 2.05) is 11.9 Å². The van der Waals surface area contributed by atoms with E-state index < -0.39 is 0 Å². The van der Waals surface area contributed by atoms with E-state index in [0.29, 0.717) is 0 Å². The zero-order chi connectivity index (χ0) is 16.4. The maximum atomic E-state index is 3.57. The number of benzene rings is 2. The Morgan fingerprint density at radius 2 is 1.88 bits per heavy atom. The minimum absolute atomic E-state index is 0.733. The van der Waals surface area contributed by atoms with Crippen molar-refractivity contribution in [2.45, 2.75) is 36.5 Å².